The van der Waals surface area contributed by atoms with Crippen LogP contribution in [0.25, 0.3) is 0 Å². The van der Waals surface area contributed by atoms with Crippen molar-refractivity contribution >= 4 is 49.1 Å². The number of rotatable bonds is 2. The van der Waals surface area contributed by atoms with Crippen LogP contribution >= 0.6 is 43.2 Å². The molecule has 1 N–H and O–H groups in total. The number of nitrogens with zero attached hydrogens (tertiary/aromatic N) is 1. The first-order chi connectivity index (χ1) is 8.56. The Morgan fingerprint density at radius 1 is 1.39 bits per heavy atom. The summed E-state index contributed by atoms with van der Waals surface area (Å²) < 4.78 is 1.76. The van der Waals surface area contributed by atoms with E-state index in [-0.39, 0.29) is 5.91 Å². The highest BCUT2D eigenvalue weighted by Gasteiger charge is 2.34. The van der Waals surface area contributed by atoms with Gasteiger partial charge in [0, 0.05) is 4.47 Å². The van der Waals surface area contributed by atoms with Gasteiger partial charge in [-0.15, -0.1) is 11.3 Å². The fourth-order valence-electron chi connectivity index (χ4n) is 2.16. The smallest absolute Gasteiger partial charge is 0.262 e. The van der Waals surface area contributed by atoms with Gasteiger partial charge in [-0.3, -0.25) is 4.79 Å². The monoisotopic (exact) mass is 390 g/mol. The second-order valence-corrected chi connectivity index (χ2v) is 7.67. The summed E-state index contributed by atoms with van der Waals surface area (Å²) in [6.45, 7) is 0. The molecular weight excluding hydrogens is 380 g/mol. The molecule has 1 heterocycles. The van der Waals surface area contributed by atoms with Crippen molar-refractivity contribution in [3.8, 4) is 6.07 Å². The van der Waals surface area contributed by atoms with Crippen molar-refractivity contribution in [2.45, 2.75) is 37.6 Å². The minimum absolute atomic E-state index is 0.158. The van der Waals surface area contributed by atoms with Crippen molar-refractivity contribution in [1.29, 1.82) is 5.26 Å². The van der Waals surface area contributed by atoms with Gasteiger partial charge in [-0.05, 0) is 50.8 Å². The molecule has 0 saturated heterocycles. The highest BCUT2D eigenvalue weighted by molar-refractivity contribution is 9.13. The van der Waals surface area contributed by atoms with Gasteiger partial charge < -0.3 is 5.32 Å². The number of carbonyl (C=O) groups is 1. The van der Waals surface area contributed by atoms with E-state index < -0.39 is 5.54 Å². The van der Waals surface area contributed by atoms with Gasteiger partial charge in [0.05, 0.1) is 14.7 Å². The normalized spacial score (nSPS) is 18.1. The molecule has 0 unspecified atom stereocenters. The molecular formula is C12H12Br2N2OS. The largest absolute Gasteiger partial charge is 0.333 e. The third kappa shape index (κ3) is 2.95. The fraction of sp³-hybridized carbons (Fsp3) is 0.500. The molecule has 2 rings (SSSR count). The van der Waals surface area contributed by atoms with Gasteiger partial charge in [0.2, 0.25) is 0 Å². The molecule has 0 radical (unpaired) electrons. The third-order valence-electron chi connectivity index (χ3n) is 3.14. The number of halogens is 2. The van der Waals surface area contributed by atoms with Crippen LogP contribution in [-0.2, 0) is 0 Å². The summed E-state index contributed by atoms with van der Waals surface area (Å²) in [5, 5.41) is 12.2. The second kappa shape index (κ2) is 5.72. The SMILES string of the molecule is N#CC1(NC(=O)c2cc(Br)c(Br)s2)CCCCC1. The zero-order valence-corrected chi connectivity index (χ0v) is 13.6. The first-order valence-electron chi connectivity index (χ1n) is 5.75. The quantitative estimate of drug-likeness (QED) is 0.819. The standard InChI is InChI=1S/C12H12Br2N2OS/c13-8-6-9(18-10(8)14)11(17)16-12(7-15)4-2-1-3-5-12/h6H,1-5H2,(H,16,17). The van der Waals surface area contributed by atoms with E-state index in [1.54, 1.807) is 6.07 Å². The van der Waals surface area contributed by atoms with E-state index in [2.05, 4.69) is 43.2 Å². The van der Waals surface area contributed by atoms with Crippen LogP contribution in [0.3, 0.4) is 0 Å². The Morgan fingerprint density at radius 2 is 2.06 bits per heavy atom. The van der Waals surface area contributed by atoms with Crippen LogP contribution in [-0.4, -0.2) is 11.4 Å². The number of nitrogens with one attached hydrogen (secondary N) is 1. The Labute approximate surface area is 127 Å². The number of hydrogen-bond donors (Lipinski definition) is 1. The number of hydrogen-bond acceptors (Lipinski definition) is 3. The molecule has 1 aromatic rings. The molecule has 1 fully saturated rings. The van der Waals surface area contributed by atoms with Crippen molar-refractivity contribution in [1.82, 2.24) is 5.32 Å². The molecule has 6 heteroatoms. The van der Waals surface area contributed by atoms with E-state index >= 15 is 0 Å². The van der Waals surface area contributed by atoms with Gasteiger partial charge in [-0.2, -0.15) is 5.26 Å². The van der Waals surface area contributed by atoms with Crippen LogP contribution in [0, 0.1) is 11.3 Å². The highest BCUT2D eigenvalue weighted by Crippen LogP contribution is 2.33. The predicted molar refractivity (Wildman–Crippen MR) is 78.6 cm³/mol. The molecule has 96 valence electrons. The Morgan fingerprint density at radius 3 is 2.56 bits per heavy atom. The zero-order valence-electron chi connectivity index (χ0n) is 9.63. The van der Waals surface area contributed by atoms with Crippen LogP contribution in [0.4, 0.5) is 0 Å². The summed E-state index contributed by atoms with van der Waals surface area (Å²) in [6, 6.07) is 4.06. The Hall–Kier alpha value is -0.380. The lowest BCUT2D eigenvalue weighted by Gasteiger charge is -2.31. The van der Waals surface area contributed by atoms with Gasteiger partial charge >= 0.3 is 0 Å². The zero-order chi connectivity index (χ0) is 13.2. The molecule has 1 aliphatic rings. The highest BCUT2D eigenvalue weighted by atomic mass is 79.9. The first-order valence-corrected chi connectivity index (χ1v) is 8.15. The van der Waals surface area contributed by atoms with Crippen LogP contribution in [0.15, 0.2) is 14.3 Å². The summed E-state index contributed by atoms with van der Waals surface area (Å²) in [5.74, 6) is -0.158. The average molecular weight is 392 g/mol. The van der Waals surface area contributed by atoms with Gasteiger partial charge in [-0.25, -0.2) is 0 Å². The molecule has 18 heavy (non-hydrogen) atoms. The predicted octanol–water partition coefficient (Wildman–Crippen LogP) is 4.23. The van der Waals surface area contributed by atoms with Crippen molar-refractivity contribution in [3.05, 3.63) is 19.2 Å². The number of carbonyl (C=O) groups excluding carboxylic acids is 1. The van der Waals surface area contributed by atoms with Gasteiger partial charge in [0.25, 0.3) is 5.91 Å². The van der Waals surface area contributed by atoms with Gasteiger partial charge in [-0.1, -0.05) is 19.3 Å². The second-order valence-electron chi connectivity index (χ2n) is 4.44. The van der Waals surface area contributed by atoms with Crippen molar-refractivity contribution < 1.29 is 4.79 Å². The first kappa shape index (κ1) is 14.0. The molecule has 3 nitrogen and oxygen atoms in total. The Balaban J connectivity index is 2.13. The van der Waals surface area contributed by atoms with E-state index in [1.807, 2.05) is 0 Å². The minimum Gasteiger partial charge on any atom is -0.333 e. The lowest BCUT2D eigenvalue weighted by atomic mass is 9.83. The van der Waals surface area contributed by atoms with E-state index in [0.29, 0.717) is 4.88 Å². The van der Waals surface area contributed by atoms with Crippen molar-refractivity contribution in [2.24, 2.45) is 0 Å². The van der Waals surface area contributed by atoms with Gasteiger partial charge in [0.15, 0.2) is 0 Å². The maximum absolute atomic E-state index is 12.1. The van der Waals surface area contributed by atoms with E-state index in [1.165, 1.54) is 11.3 Å². The summed E-state index contributed by atoms with van der Waals surface area (Å²) in [5.41, 5.74) is -0.668. The molecule has 0 spiro atoms. The molecule has 0 aliphatic heterocycles. The molecule has 0 bridgehead atoms. The summed E-state index contributed by atoms with van der Waals surface area (Å²) in [6.07, 6.45) is 4.67. The number of nitriles is 1. The van der Waals surface area contributed by atoms with E-state index in [0.717, 1.165) is 40.4 Å². The Bertz CT molecular complexity index is 481. The van der Waals surface area contributed by atoms with E-state index in [4.69, 9.17) is 0 Å². The van der Waals surface area contributed by atoms with Crippen LogP contribution in [0.1, 0.15) is 41.8 Å². The third-order valence-corrected chi connectivity index (χ3v) is 6.40. The molecule has 0 atom stereocenters. The molecule has 0 aromatic carbocycles. The molecule has 1 aromatic heterocycles. The summed E-state index contributed by atoms with van der Waals surface area (Å²) in [7, 11) is 0. The Kier molecular flexibility index (Phi) is 4.46. The van der Waals surface area contributed by atoms with Gasteiger partial charge in [0.1, 0.15) is 5.54 Å². The molecule has 1 amide bonds. The maximum Gasteiger partial charge on any atom is 0.262 e. The van der Waals surface area contributed by atoms with Crippen LogP contribution in [0.5, 0.6) is 0 Å². The molecule has 1 saturated carbocycles. The minimum atomic E-state index is -0.668. The topological polar surface area (TPSA) is 52.9 Å². The van der Waals surface area contributed by atoms with E-state index in [9.17, 15) is 10.1 Å². The molecule has 1 aliphatic carbocycles. The van der Waals surface area contributed by atoms with Crippen LogP contribution in [0.2, 0.25) is 0 Å². The van der Waals surface area contributed by atoms with Crippen LogP contribution < -0.4 is 5.32 Å². The summed E-state index contributed by atoms with van der Waals surface area (Å²) in [4.78, 5) is 12.8. The summed E-state index contributed by atoms with van der Waals surface area (Å²) >= 11 is 8.09. The lowest BCUT2D eigenvalue weighted by molar-refractivity contribution is 0.0907. The maximum atomic E-state index is 12.1. The van der Waals surface area contributed by atoms with Crippen molar-refractivity contribution in [3.63, 3.8) is 0 Å². The van der Waals surface area contributed by atoms with Crippen molar-refractivity contribution in [2.75, 3.05) is 0 Å². The number of amides is 1. The lowest BCUT2D eigenvalue weighted by Crippen LogP contribution is -2.48. The number of thiophene rings is 1. The fourth-order valence-corrected chi connectivity index (χ4v) is 4.09. The average Bonchev–Trinajstić information content (AvgIpc) is 2.71.